The van der Waals surface area contributed by atoms with Crippen LogP contribution in [-0.2, 0) is 9.53 Å². The minimum atomic E-state index is -0.157. The molecule has 0 atom stereocenters. The van der Waals surface area contributed by atoms with Crippen molar-refractivity contribution in [2.75, 3.05) is 13.7 Å². The molecule has 4 aromatic rings. The molecule has 5 heteroatoms. The highest BCUT2D eigenvalue weighted by atomic mass is 16.5. The molecule has 0 spiro atoms. The molecule has 0 bridgehead atoms. The van der Waals surface area contributed by atoms with Gasteiger partial charge in [-0.1, -0.05) is 48.0 Å². The van der Waals surface area contributed by atoms with E-state index in [1.807, 2.05) is 24.5 Å². The van der Waals surface area contributed by atoms with Gasteiger partial charge < -0.3 is 9.47 Å². The Kier molecular flexibility index (Phi) is 6.85. The number of imidazole rings is 1. The molecule has 0 radical (unpaired) electrons. The maximum absolute atomic E-state index is 11.2. The lowest BCUT2D eigenvalue weighted by molar-refractivity contribution is -0.140. The number of methoxy groups -OCH3 is 1. The van der Waals surface area contributed by atoms with Gasteiger partial charge in [-0.3, -0.25) is 9.36 Å². The Labute approximate surface area is 188 Å². The van der Waals surface area contributed by atoms with Crippen LogP contribution in [-0.4, -0.2) is 29.2 Å². The number of carbonyl (C=O) groups excluding carboxylic acids is 1. The van der Waals surface area contributed by atoms with E-state index in [4.69, 9.17) is 4.74 Å². The van der Waals surface area contributed by atoms with E-state index in [0.717, 1.165) is 47.3 Å². The van der Waals surface area contributed by atoms with Crippen LogP contribution in [0.5, 0.6) is 5.75 Å². The van der Waals surface area contributed by atoms with Gasteiger partial charge in [0.05, 0.1) is 30.4 Å². The van der Waals surface area contributed by atoms with Gasteiger partial charge in [0.2, 0.25) is 0 Å². The molecule has 0 saturated carbocycles. The highest BCUT2D eigenvalue weighted by Crippen LogP contribution is 2.30. The maximum atomic E-state index is 11.2. The third-order valence-electron chi connectivity index (χ3n) is 5.53. The molecule has 4 rings (SSSR count). The average molecular weight is 429 g/mol. The first kappa shape index (κ1) is 21.6. The second kappa shape index (κ2) is 10.1. The molecule has 0 amide bonds. The van der Waals surface area contributed by atoms with Gasteiger partial charge in [0.15, 0.2) is 0 Å². The van der Waals surface area contributed by atoms with Gasteiger partial charge in [0, 0.05) is 18.1 Å². The number of fused-ring (bicyclic) bond motifs is 1. The first-order chi connectivity index (χ1) is 15.7. The van der Waals surface area contributed by atoms with Gasteiger partial charge in [0.1, 0.15) is 12.1 Å². The van der Waals surface area contributed by atoms with E-state index in [9.17, 15) is 4.79 Å². The highest BCUT2D eigenvalue weighted by molar-refractivity contribution is 5.82. The zero-order valence-electron chi connectivity index (χ0n) is 18.6. The Morgan fingerprint density at radius 3 is 2.69 bits per heavy atom. The molecule has 3 aromatic carbocycles. The summed E-state index contributed by atoms with van der Waals surface area (Å²) in [6.07, 6.45) is 4.97. The minimum Gasteiger partial charge on any atom is -0.494 e. The van der Waals surface area contributed by atoms with Gasteiger partial charge >= 0.3 is 5.97 Å². The van der Waals surface area contributed by atoms with Crippen LogP contribution in [0.3, 0.4) is 0 Å². The maximum Gasteiger partial charge on any atom is 0.305 e. The number of carbonyl (C=O) groups is 1. The van der Waals surface area contributed by atoms with E-state index >= 15 is 0 Å². The van der Waals surface area contributed by atoms with Crippen molar-refractivity contribution < 1.29 is 14.3 Å². The minimum absolute atomic E-state index is 0.157. The summed E-state index contributed by atoms with van der Waals surface area (Å²) in [5.74, 6) is 0.663. The number of benzene rings is 3. The van der Waals surface area contributed by atoms with Crippen LogP contribution in [0.2, 0.25) is 0 Å². The predicted octanol–water partition coefficient (Wildman–Crippen LogP) is 6.11. The summed E-state index contributed by atoms with van der Waals surface area (Å²) >= 11 is 0. The highest BCUT2D eigenvalue weighted by Gasteiger charge is 2.11. The number of aryl methyl sites for hydroxylation is 1. The number of para-hydroxylation sites is 1. The van der Waals surface area contributed by atoms with Crippen molar-refractivity contribution in [1.82, 2.24) is 9.55 Å². The van der Waals surface area contributed by atoms with Crippen LogP contribution in [0.4, 0.5) is 0 Å². The summed E-state index contributed by atoms with van der Waals surface area (Å²) in [6.45, 7) is 2.72. The molecule has 0 aliphatic carbocycles. The fourth-order valence-electron chi connectivity index (χ4n) is 3.85. The van der Waals surface area contributed by atoms with E-state index in [1.54, 1.807) is 0 Å². The van der Waals surface area contributed by atoms with Crippen LogP contribution in [0.1, 0.15) is 31.2 Å². The second-order valence-corrected chi connectivity index (χ2v) is 7.89. The number of rotatable bonds is 9. The Hall–Kier alpha value is -3.60. The number of nitrogens with zero attached hydrogens (tertiary/aromatic N) is 2. The largest absolute Gasteiger partial charge is 0.494 e. The van der Waals surface area contributed by atoms with E-state index in [0.29, 0.717) is 13.0 Å². The van der Waals surface area contributed by atoms with Crippen LogP contribution in [0, 0.1) is 6.92 Å². The summed E-state index contributed by atoms with van der Waals surface area (Å²) < 4.78 is 12.8. The van der Waals surface area contributed by atoms with Gasteiger partial charge in [-0.15, -0.1) is 0 Å². The van der Waals surface area contributed by atoms with Crippen molar-refractivity contribution in [2.24, 2.45) is 0 Å². The van der Waals surface area contributed by atoms with E-state index in [1.165, 1.54) is 18.2 Å². The van der Waals surface area contributed by atoms with Crippen molar-refractivity contribution >= 4 is 17.0 Å². The molecule has 32 heavy (non-hydrogen) atoms. The topological polar surface area (TPSA) is 53.4 Å². The fourth-order valence-corrected chi connectivity index (χ4v) is 3.85. The lowest BCUT2D eigenvalue weighted by Gasteiger charge is -2.13. The molecule has 0 saturated heterocycles. The monoisotopic (exact) mass is 428 g/mol. The fraction of sp³-hybridized carbons (Fsp3) is 0.259. The van der Waals surface area contributed by atoms with Crippen LogP contribution in [0.25, 0.3) is 27.8 Å². The average Bonchev–Trinajstić information content (AvgIpc) is 3.24. The molecule has 1 aromatic heterocycles. The molecule has 1 heterocycles. The predicted molar refractivity (Wildman–Crippen MR) is 127 cm³/mol. The molecule has 0 fully saturated rings. The van der Waals surface area contributed by atoms with Crippen molar-refractivity contribution in [3.8, 4) is 22.6 Å². The Balaban J connectivity index is 1.52. The number of hydrogen-bond donors (Lipinski definition) is 0. The second-order valence-electron chi connectivity index (χ2n) is 7.89. The smallest absolute Gasteiger partial charge is 0.305 e. The molecular weight excluding hydrogens is 400 g/mol. The quantitative estimate of drug-likeness (QED) is 0.238. The van der Waals surface area contributed by atoms with E-state index < -0.39 is 0 Å². The third kappa shape index (κ3) is 4.99. The number of unbranched alkanes of at least 4 members (excludes halogenated alkanes) is 2. The van der Waals surface area contributed by atoms with E-state index in [2.05, 4.69) is 69.7 Å². The van der Waals surface area contributed by atoms with Crippen LogP contribution >= 0.6 is 0 Å². The first-order valence-electron chi connectivity index (χ1n) is 11.0. The molecule has 164 valence electrons. The van der Waals surface area contributed by atoms with Gasteiger partial charge in [-0.25, -0.2) is 4.98 Å². The Morgan fingerprint density at radius 2 is 1.84 bits per heavy atom. The standard InChI is InChI=1S/C27H28N2O3/c1-20-9-8-10-21(17-20)23-11-5-6-12-25(23)29-19-28-24-15-14-22(18-26(24)29)32-16-7-3-4-13-27(30)31-2/h5-6,8-12,14-15,17-19H,3-4,7,13,16H2,1-2H3. The lowest BCUT2D eigenvalue weighted by atomic mass is 10.0. The Morgan fingerprint density at radius 1 is 0.969 bits per heavy atom. The summed E-state index contributed by atoms with van der Waals surface area (Å²) in [5.41, 5.74) is 6.59. The van der Waals surface area contributed by atoms with Gasteiger partial charge in [-0.05, 0) is 49.9 Å². The van der Waals surface area contributed by atoms with Crippen molar-refractivity contribution in [2.45, 2.75) is 32.6 Å². The first-order valence-corrected chi connectivity index (χ1v) is 11.0. The Bertz CT molecular complexity index is 1210. The molecule has 5 nitrogen and oxygen atoms in total. The summed E-state index contributed by atoms with van der Waals surface area (Å²) in [7, 11) is 1.42. The van der Waals surface area contributed by atoms with Crippen LogP contribution < -0.4 is 4.74 Å². The SMILES string of the molecule is COC(=O)CCCCCOc1ccc2ncn(-c3ccccc3-c3cccc(C)c3)c2c1. The molecule has 0 aliphatic heterocycles. The van der Waals surface area contributed by atoms with Gasteiger partial charge in [-0.2, -0.15) is 0 Å². The van der Waals surface area contributed by atoms with Crippen LogP contribution in [0.15, 0.2) is 73.1 Å². The van der Waals surface area contributed by atoms with Gasteiger partial charge in [0.25, 0.3) is 0 Å². The van der Waals surface area contributed by atoms with E-state index in [-0.39, 0.29) is 5.97 Å². The lowest BCUT2D eigenvalue weighted by Crippen LogP contribution is -2.01. The molecule has 0 unspecified atom stereocenters. The van der Waals surface area contributed by atoms with Crippen molar-refractivity contribution in [1.29, 1.82) is 0 Å². The van der Waals surface area contributed by atoms with Crippen molar-refractivity contribution in [3.63, 3.8) is 0 Å². The number of hydrogen-bond acceptors (Lipinski definition) is 4. The van der Waals surface area contributed by atoms with Crippen molar-refractivity contribution in [3.05, 3.63) is 78.6 Å². The third-order valence-corrected chi connectivity index (χ3v) is 5.53. The molecule has 0 aliphatic rings. The summed E-state index contributed by atoms with van der Waals surface area (Å²) in [5, 5.41) is 0. The zero-order chi connectivity index (χ0) is 22.3. The zero-order valence-corrected chi connectivity index (χ0v) is 18.6. The number of esters is 1. The molecular formula is C27H28N2O3. The number of aromatic nitrogens is 2. The normalized spacial score (nSPS) is 10.9. The molecule has 0 N–H and O–H groups in total. The number of ether oxygens (including phenoxy) is 2. The summed E-state index contributed by atoms with van der Waals surface area (Å²) in [6, 6.07) is 22.9. The summed E-state index contributed by atoms with van der Waals surface area (Å²) in [4.78, 5) is 15.8.